The second-order valence-electron chi connectivity index (χ2n) is 2.64. The molecule has 4 heteroatoms. The van der Waals surface area contributed by atoms with Gasteiger partial charge in [-0.25, -0.2) is 0 Å². The minimum Gasteiger partial charge on any atom is -0.507 e. The SMILES string of the molecule is COc1csc2cc(S)cc(O)c12. The molecule has 2 nitrogen and oxygen atoms in total. The summed E-state index contributed by atoms with van der Waals surface area (Å²) < 4.78 is 6.10. The van der Waals surface area contributed by atoms with Gasteiger partial charge in [0.25, 0.3) is 0 Å². The number of aromatic hydroxyl groups is 1. The minimum atomic E-state index is 0.223. The van der Waals surface area contributed by atoms with Crippen LogP contribution in [0.5, 0.6) is 11.5 Å². The summed E-state index contributed by atoms with van der Waals surface area (Å²) in [6.45, 7) is 0. The van der Waals surface area contributed by atoms with Gasteiger partial charge in [0, 0.05) is 15.0 Å². The lowest BCUT2D eigenvalue weighted by Crippen LogP contribution is -1.79. The molecule has 0 saturated carbocycles. The summed E-state index contributed by atoms with van der Waals surface area (Å²) in [5.41, 5.74) is 0. The average molecular weight is 212 g/mol. The number of benzene rings is 1. The van der Waals surface area contributed by atoms with Crippen LogP contribution < -0.4 is 4.74 Å². The maximum atomic E-state index is 9.63. The molecular formula is C9H8O2S2. The molecule has 68 valence electrons. The summed E-state index contributed by atoms with van der Waals surface area (Å²) in [6.07, 6.45) is 0. The van der Waals surface area contributed by atoms with E-state index in [1.54, 1.807) is 13.2 Å². The van der Waals surface area contributed by atoms with E-state index in [4.69, 9.17) is 4.74 Å². The summed E-state index contributed by atoms with van der Waals surface area (Å²) in [4.78, 5) is 0.759. The van der Waals surface area contributed by atoms with E-state index in [1.807, 2.05) is 11.4 Å². The number of rotatable bonds is 1. The van der Waals surface area contributed by atoms with Crippen LogP contribution in [0.4, 0.5) is 0 Å². The van der Waals surface area contributed by atoms with Crippen molar-refractivity contribution in [3.63, 3.8) is 0 Å². The van der Waals surface area contributed by atoms with Crippen LogP contribution in [0.15, 0.2) is 22.4 Å². The first-order valence-electron chi connectivity index (χ1n) is 3.69. The molecule has 0 aliphatic carbocycles. The smallest absolute Gasteiger partial charge is 0.141 e. The van der Waals surface area contributed by atoms with Crippen LogP contribution in [0.25, 0.3) is 10.1 Å². The van der Waals surface area contributed by atoms with Crippen molar-refractivity contribution < 1.29 is 9.84 Å². The number of hydrogen-bond donors (Lipinski definition) is 2. The number of thiol groups is 1. The van der Waals surface area contributed by atoms with Crippen molar-refractivity contribution in [1.82, 2.24) is 0 Å². The van der Waals surface area contributed by atoms with Crippen LogP contribution in [0, 0.1) is 0 Å². The number of phenolic OH excluding ortho intramolecular Hbond substituents is 1. The molecule has 0 radical (unpaired) electrons. The molecule has 0 aliphatic rings. The zero-order valence-corrected chi connectivity index (χ0v) is 8.65. The summed E-state index contributed by atoms with van der Waals surface area (Å²) in [5.74, 6) is 0.937. The van der Waals surface area contributed by atoms with Crippen LogP contribution in [-0.2, 0) is 0 Å². The van der Waals surface area contributed by atoms with Crippen molar-refractivity contribution >= 4 is 34.1 Å². The van der Waals surface area contributed by atoms with Crippen LogP contribution in [0.2, 0.25) is 0 Å². The highest BCUT2D eigenvalue weighted by Crippen LogP contribution is 2.39. The topological polar surface area (TPSA) is 29.5 Å². The quantitative estimate of drug-likeness (QED) is 0.712. The molecule has 1 heterocycles. The van der Waals surface area contributed by atoms with Crippen molar-refractivity contribution in [2.24, 2.45) is 0 Å². The lowest BCUT2D eigenvalue weighted by Gasteiger charge is -2.00. The molecule has 0 spiro atoms. The Morgan fingerprint density at radius 3 is 2.92 bits per heavy atom. The van der Waals surface area contributed by atoms with Gasteiger partial charge in [-0.1, -0.05) is 0 Å². The molecule has 2 aromatic rings. The third-order valence-electron chi connectivity index (χ3n) is 1.83. The first-order valence-corrected chi connectivity index (χ1v) is 5.02. The molecule has 1 aromatic carbocycles. The van der Waals surface area contributed by atoms with E-state index in [0.717, 1.165) is 15.0 Å². The number of hydrogen-bond acceptors (Lipinski definition) is 4. The number of ether oxygens (including phenoxy) is 1. The fourth-order valence-corrected chi connectivity index (χ4v) is 2.56. The molecule has 0 saturated heterocycles. The Morgan fingerprint density at radius 1 is 1.46 bits per heavy atom. The number of phenols is 1. The van der Waals surface area contributed by atoms with Crippen molar-refractivity contribution in [1.29, 1.82) is 0 Å². The highest BCUT2D eigenvalue weighted by Gasteiger charge is 2.09. The summed E-state index contributed by atoms with van der Waals surface area (Å²) in [6, 6.07) is 3.52. The highest BCUT2D eigenvalue weighted by molar-refractivity contribution is 7.80. The highest BCUT2D eigenvalue weighted by atomic mass is 32.1. The van der Waals surface area contributed by atoms with Gasteiger partial charge in [-0.2, -0.15) is 0 Å². The number of thiophene rings is 1. The van der Waals surface area contributed by atoms with Crippen molar-refractivity contribution in [2.45, 2.75) is 4.90 Å². The Hall–Kier alpha value is -0.870. The predicted octanol–water partition coefficient (Wildman–Crippen LogP) is 2.90. The van der Waals surface area contributed by atoms with E-state index in [1.165, 1.54) is 11.3 Å². The Labute approximate surface area is 85.2 Å². The van der Waals surface area contributed by atoms with Crippen LogP contribution in [0.3, 0.4) is 0 Å². The maximum absolute atomic E-state index is 9.63. The van der Waals surface area contributed by atoms with E-state index in [0.29, 0.717) is 5.75 Å². The standard InChI is InChI=1S/C9H8O2S2/c1-11-7-4-13-8-3-5(12)2-6(10)9(7)8/h2-4,10,12H,1H3. The second kappa shape index (κ2) is 3.12. The average Bonchev–Trinajstić information content (AvgIpc) is 2.47. The van der Waals surface area contributed by atoms with Crippen LogP contribution >= 0.6 is 24.0 Å². The molecular weight excluding hydrogens is 204 g/mol. The number of methoxy groups -OCH3 is 1. The molecule has 0 amide bonds. The van der Waals surface area contributed by atoms with E-state index >= 15 is 0 Å². The fourth-order valence-electron chi connectivity index (χ4n) is 1.25. The molecule has 13 heavy (non-hydrogen) atoms. The Morgan fingerprint density at radius 2 is 2.23 bits per heavy atom. The molecule has 1 N–H and O–H groups in total. The van der Waals surface area contributed by atoms with E-state index in [9.17, 15) is 5.11 Å². The second-order valence-corrected chi connectivity index (χ2v) is 4.07. The van der Waals surface area contributed by atoms with Crippen LogP contribution in [0.1, 0.15) is 0 Å². The van der Waals surface area contributed by atoms with Crippen molar-refractivity contribution in [3.8, 4) is 11.5 Å². The Kier molecular flexibility index (Phi) is 2.09. The zero-order chi connectivity index (χ0) is 9.42. The molecule has 0 unspecified atom stereocenters. The lowest BCUT2D eigenvalue weighted by molar-refractivity contribution is 0.417. The monoisotopic (exact) mass is 212 g/mol. The van der Waals surface area contributed by atoms with Crippen molar-refractivity contribution in [2.75, 3.05) is 7.11 Å². The van der Waals surface area contributed by atoms with Gasteiger partial charge in [-0.05, 0) is 12.1 Å². The van der Waals surface area contributed by atoms with Gasteiger partial charge in [0.15, 0.2) is 0 Å². The number of fused-ring (bicyclic) bond motifs is 1. The lowest BCUT2D eigenvalue weighted by atomic mass is 10.2. The maximum Gasteiger partial charge on any atom is 0.141 e. The first kappa shape index (κ1) is 8.72. The molecule has 2 rings (SSSR count). The molecule has 0 bridgehead atoms. The molecule has 1 aromatic heterocycles. The van der Waals surface area contributed by atoms with Crippen molar-refractivity contribution in [3.05, 3.63) is 17.5 Å². The first-order chi connectivity index (χ1) is 6.22. The van der Waals surface area contributed by atoms with Gasteiger partial charge in [0.05, 0.1) is 12.5 Å². The summed E-state index contributed by atoms with van der Waals surface area (Å²) in [7, 11) is 1.59. The molecule has 0 atom stereocenters. The van der Waals surface area contributed by atoms with Gasteiger partial charge < -0.3 is 9.84 Å². The normalized spacial score (nSPS) is 10.6. The third kappa shape index (κ3) is 1.36. The van der Waals surface area contributed by atoms with E-state index in [-0.39, 0.29) is 5.75 Å². The molecule has 0 aliphatic heterocycles. The summed E-state index contributed by atoms with van der Waals surface area (Å²) >= 11 is 5.71. The fraction of sp³-hybridized carbons (Fsp3) is 0.111. The van der Waals surface area contributed by atoms with Gasteiger partial charge in [-0.15, -0.1) is 24.0 Å². The Bertz CT molecular complexity index is 448. The van der Waals surface area contributed by atoms with E-state index < -0.39 is 0 Å². The predicted molar refractivity (Wildman–Crippen MR) is 57.3 cm³/mol. The Balaban J connectivity index is 2.82. The van der Waals surface area contributed by atoms with Crippen LogP contribution in [-0.4, -0.2) is 12.2 Å². The minimum absolute atomic E-state index is 0.223. The molecule has 0 fully saturated rings. The summed E-state index contributed by atoms with van der Waals surface area (Å²) in [5, 5.41) is 12.3. The van der Waals surface area contributed by atoms with E-state index in [2.05, 4.69) is 12.6 Å². The third-order valence-corrected chi connectivity index (χ3v) is 2.99. The zero-order valence-electron chi connectivity index (χ0n) is 6.94. The van der Waals surface area contributed by atoms with Gasteiger partial charge >= 0.3 is 0 Å². The van der Waals surface area contributed by atoms with Gasteiger partial charge in [0.1, 0.15) is 11.5 Å². The van der Waals surface area contributed by atoms with Gasteiger partial charge in [0.2, 0.25) is 0 Å². The largest absolute Gasteiger partial charge is 0.507 e. The van der Waals surface area contributed by atoms with Gasteiger partial charge in [-0.3, -0.25) is 0 Å².